The molecule has 0 unspecified atom stereocenters. The van der Waals surface area contributed by atoms with Gasteiger partial charge in [-0.05, 0) is 24.3 Å². The van der Waals surface area contributed by atoms with E-state index in [0.717, 1.165) is 16.3 Å². The molecule has 1 heterocycles. The van der Waals surface area contributed by atoms with Gasteiger partial charge in [0.05, 0.1) is 17.1 Å². The number of benzene rings is 2. The van der Waals surface area contributed by atoms with Gasteiger partial charge in [-0.3, -0.25) is 9.69 Å². The van der Waals surface area contributed by atoms with Gasteiger partial charge in [0.25, 0.3) is 0 Å². The van der Waals surface area contributed by atoms with Gasteiger partial charge in [-0.15, -0.1) is 18.3 Å². The number of carbonyl (C=O) groups is 1. The molecule has 2 aromatic carbocycles. The predicted molar refractivity (Wildman–Crippen MR) is 118 cm³/mol. The molecule has 0 radical (unpaired) electrons. The second-order valence-electron chi connectivity index (χ2n) is 6.64. The lowest BCUT2D eigenvalue weighted by atomic mass is 10.3. The van der Waals surface area contributed by atoms with Crippen LogP contribution >= 0.6 is 11.8 Å². The maximum absolute atomic E-state index is 12.7. The number of piperazine rings is 1. The number of amides is 1. The van der Waals surface area contributed by atoms with Crippen molar-refractivity contribution in [1.82, 2.24) is 9.21 Å². The Bertz CT molecular complexity index is 941. The van der Waals surface area contributed by atoms with Crippen molar-refractivity contribution in [3.63, 3.8) is 0 Å². The summed E-state index contributed by atoms with van der Waals surface area (Å²) in [5.41, 5.74) is 0.787. The molecule has 8 heteroatoms. The maximum Gasteiger partial charge on any atom is 0.243 e. The molecule has 6 nitrogen and oxygen atoms in total. The van der Waals surface area contributed by atoms with Gasteiger partial charge in [0.15, 0.2) is 0 Å². The molecule has 1 fully saturated rings. The Balaban J connectivity index is 1.53. The van der Waals surface area contributed by atoms with Gasteiger partial charge in [0.1, 0.15) is 0 Å². The summed E-state index contributed by atoms with van der Waals surface area (Å²) in [6.07, 6.45) is 1.83. The highest BCUT2D eigenvalue weighted by molar-refractivity contribution is 7.99. The molecule has 0 saturated carbocycles. The summed E-state index contributed by atoms with van der Waals surface area (Å²) in [4.78, 5) is 15.8. The number of anilines is 1. The molecule has 154 valence electrons. The quantitative estimate of drug-likeness (QED) is 0.514. The Labute approximate surface area is 176 Å². The monoisotopic (exact) mass is 431 g/mol. The van der Waals surface area contributed by atoms with Crippen LogP contribution in [0.3, 0.4) is 0 Å². The Hall–Kier alpha value is -2.13. The summed E-state index contributed by atoms with van der Waals surface area (Å²) >= 11 is 1.62. The number of nitrogens with one attached hydrogen (secondary N) is 1. The van der Waals surface area contributed by atoms with Gasteiger partial charge in [-0.2, -0.15) is 4.31 Å². The molecular weight excluding hydrogens is 406 g/mol. The van der Waals surface area contributed by atoms with Crippen molar-refractivity contribution in [3.8, 4) is 0 Å². The molecule has 0 aromatic heterocycles. The molecule has 1 saturated heterocycles. The highest BCUT2D eigenvalue weighted by atomic mass is 32.2. The Kier molecular flexibility index (Phi) is 7.49. The van der Waals surface area contributed by atoms with Crippen molar-refractivity contribution < 1.29 is 13.2 Å². The van der Waals surface area contributed by atoms with E-state index in [1.54, 1.807) is 42.1 Å². The van der Waals surface area contributed by atoms with Gasteiger partial charge in [0, 0.05) is 36.8 Å². The third kappa shape index (κ3) is 5.70. The number of thioether (sulfide) groups is 1. The molecule has 2 aromatic rings. The fourth-order valence-electron chi connectivity index (χ4n) is 3.11. The van der Waals surface area contributed by atoms with Gasteiger partial charge in [-0.1, -0.05) is 36.4 Å². The average Bonchev–Trinajstić information content (AvgIpc) is 2.74. The first-order valence-electron chi connectivity index (χ1n) is 9.41. The van der Waals surface area contributed by atoms with Crippen molar-refractivity contribution in [3.05, 3.63) is 67.3 Å². The number of hydrogen-bond donors (Lipinski definition) is 1. The third-order valence-corrected chi connectivity index (χ3v) is 7.58. The lowest BCUT2D eigenvalue weighted by Crippen LogP contribution is -2.50. The van der Waals surface area contributed by atoms with Crippen LogP contribution in [-0.4, -0.2) is 62.0 Å². The van der Waals surface area contributed by atoms with Gasteiger partial charge >= 0.3 is 0 Å². The summed E-state index contributed by atoms with van der Waals surface area (Å²) < 4.78 is 26.9. The minimum absolute atomic E-state index is 0.101. The van der Waals surface area contributed by atoms with Crippen LogP contribution < -0.4 is 5.32 Å². The summed E-state index contributed by atoms with van der Waals surface area (Å²) in [6, 6.07) is 16.1. The molecule has 1 aliphatic heterocycles. The number of para-hydroxylation sites is 1. The van der Waals surface area contributed by atoms with E-state index >= 15 is 0 Å². The normalized spacial score (nSPS) is 15.7. The third-order valence-electron chi connectivity index (χ3n) is 4.60. The van der Waals surface area contributed by atoms with Crippen LogP contribution in [0.25, 0.3) is 0 Å². The van der Waals surface area contributed by atoms with Crippen molar-refractivity contribution in [1.29, 1.82) is 0 Å². The number of sulfonamides is 1. The van der Waals surface area contributed by atoms with E-state index in [0.29, 0.717) is 31.1 Å². The van der Waals surface area contributed by atoms with E-state index in [2.05, 4.69) is 11.9 Å². The highest BCUT2D eigenvalue weighted by Gasteiger charge is 2.28. The summed E-state index contributed by atoms with van der Waals surface area (Å²) in [7, 11) is -3.48. The summed E-state index contributed by atoms with van der Waals surface area (Å²) in [5, 5.41) is 2.97. The molecule has 1 N–H and O–H groups in total. The predicted octanol–water partition coefficient (Wildman–Crippen LogP) is 2.91. The molecule has 0 bridgehead atoms. The van der Waals surface area contributed by atoms with Crippen molar-refractivity contribution in [2.75, 3.05) is 43.8 Å². The zero-order valence-electron chi connectivity index (χ0n) is 16.2. The van der Waals surface area contributed by atoms with Crippen LogP contribution in [0.1, 0.15) is 0 Å². The Morgan fingerprint density at radius 3 is 2.38 bits per heavy atom. The molecule has 3 rings (SSSR count). The van der Waals surface area contributed by atoms with Crippen LogP contribution in [0.4, 0.5) is 5.69 Å². The van der Waals surface area contributed by atoms with E-state index in [4.69, 9.17) is 0 Å². The molecule has 0 spiro atoms. The van der Waals surface area contributed by atoms with Gasteiger partial charge in [-0.25, -0.2) is 8.42 Å². The van der Waals surface area contributed by atoms with Crippen molar-refractivity contribution in [2.45, 2.75) is 9.79 Å². The smallest absolute Gasteiger partial charge is 0.243 e. The average molecular weight is 432 g/mol. The first-order chi connectivity index (χ1) is 14.0. The minimum atomic E-state index is -3.48. The van der Waals surface area contributed by atoms with E-state index in [1.807, 2.05) is 35.2 Å². The number of hydrogen-bond acceptors (Lipinski definition) is 5. The van der Waals surface area contributed by atoms with Gasteiger partial charge in [0.2, 0.25) is 15.9 Å². The SMILES string of the molecule is C=CCSc1ccccc1NC(=O)CN1CCN(S(=O)(=O)c2ccccc2)CC1. The Morgan fingerprint density at radius 2 is 1.69 bits per heavy atom. The van der Waals surface area contributed by atoms with Crippen LogP contribution in [-0.2, 0) is 14.8 Å². The first kappa shape index (κ1) is 21.6. The first-order valence-corrected chi connectivity index (χ1v) is 11.8. The second kappa shape index (κ2) is 10.1. The zero-order chi connectivity index (χ0) is 20.7. The lowest BCUT2D eigenvalue weighted by Gasteiger charge is -2.33. The highest BCUT2D eigenvalue weighted by Crippen LogP contribution is 2.27. The molecule has 1 amide bonds. The van der Waals surface area contributed by atoms with Crippen LogP contribution in [0.15, 0.2) is 77.0 Å². The second-order valence-corrected chi connectivity index (χ2v) is 9.64. The summed E-state index contributed by atoms with van der Waals surface area (Å²) in [5.74, 6) is 0.668. The van der Waals surface area contributed by atoms with Gasteiger partial charge < -0.3 is 5.32 Å². The summed E-state index contributed by atoms with van der Waals surface area (Å²) in [6.45, 7) is 5.74. The van der Waals surface area contributed by atoms with Crippen LogP contribution in [0, 0.1) is 0 Å². The number of rotatable bonds is 8. The number of carbonyl (C=O) groups excluding carboxylic acids is 1. The van der Waals surface area contributed by atoms with E-state index < -0.39 is 10.0 Å². The van der Waals surface area contributed by atoms with Crippen LogP contribution in [0.5, 0.6) is 0 Å². The molecular formula is C21H25N3O3S2. The zero-order valence-corrected chi connectivity index (χ0v) is 17.8. The van der Waals surface area contributed by atoms with Crippen molar-refractivity contribution in [2.24, 2.45) is 0 Å². The van der Waals surface area contributed by atoms with Crippen LogP contribution in [0.2, 0.25) is 0 Å². The van der Waals surface area contributed by atoms with E-state index in [9.17, 15) is 13.2 Å². The topological polar surface area (TPSA) is 69.7 Å². The minimum Gasteiger partial charge on any atom is -0.324 e. The standard InChI is InChI=1S/C21H25N3O3S2/c1-2-16-28-20-11-7-6-10-19(20)22-21(25)17-23-12-14-24(15-13-23)29(26,27)18-8-4-3-5-9-18/h2-11H,1,12-17H2,(H,22,25). The van der Waals surface area contributed by atoms with Crippen molar-refractivity contribution >= 4 is 33.4 Å². The molecule has 0 aliphatic carbocycles. The number of nitrogens with zero attached hydrogens (tertiary/aromatic N) is 2. The van der Waals surface area contributed by atoms with E-state index in [-0.39, 0.29) is 12.5 Å². The Morgan fingerprint density at radius 1 is 1.03 bits per heavy atom. The maximum atomic E-state index is 12.7. The van der Waals surface area contributed by atoms with E-state index in [1.165, 1.54) is 4.31 Å². The lowest BCUT2D eigenvalue weighted by molar-refractivity contribution is -0.117. The fraction of sp³-hybridized carbons (Fsp3) is 0.286. The molecule has 29 heavy (non-hydrogen) atoms. The molecule has 0 atom stereocenters. The fourth-order valence-corrected chi connectivity index (χ4v) is 5.30. The molecule has 1 aliphatic rings. The largest absolute Gasteiger partial charge is 0.324 e.